The van der Waals surface area contributed by atoms with Crippen LogP contribution in [0.15, 0.2) is 24.3 Å². The Kier molecular flexibility index (Phi) is 4.97. The van der Waals surface area contributed by atoms with Crippen LogP contribution in [0.25, 0.3) is 0 Å². The van der Waals surface area contributed by atoms with E-state index in [1.165, 1.54) is 17.5 Å². The number of nitrogens with zero attached hydrogens (tertiary/aromatic N) is 1. The monoisotopic (exact) mass is 260 g/mol. The molecule has 3 heteroatoms. The molecule has 0 spiro atoms. The number of fused-ring (bicyclic) bond motifs is 1. The molecule has 0 heterocycles. The number of carbonyl (C=O) groups is 1. The van der Waals surface area contributed by atoms with E-state index in [2.05, 4.69) is 24.3 Å². The first-order valence-corrected chi connectivity index (χ1v) is 7.27. The molecule has 0 aromatic heterocycles. The standard InChI is InChI=1S/C16H24N2O/c1-18(16(19)11-4-5-12-17)15-10-6-8-13-7-2-3-9-14(13)15/h2-3,7,9,15H,4-6,8,10-12,17H2,1H3. The summed E-state index contributed by atoms with van der Waals surface area (Å²) in [6.07, 6.45) is 5.83. The van der Waals surface area contributed by atoms with Crippen LogP contribution in [0.3, 0.4) is 0 Å². The van der Waals surface area contributed by atoms with Gasteiger partial charge in [-0.05, 0) is 49.8 Å². The van der Waals surface area contributed by atoms with Crippen LogP contribution >= 0.6 is 0 Å². The van der Waals surface area contributed by atoms with Gasteiger partial charge in [0.15, 0.2) is 0 Å². The molecule has 19 heavy (non-hydrogen) atoms. The first-order valence-electron chi connectivity index (χ1n) is 7.27. The van der Waals surface area contributed by atoms with Crippen molar-refractivity contribution >= 4 is 5.91 Å². The van der Waals surface area contributed by atoms with Gasteiger partial charge in [0, 0.05) is 13.5 Å². The lowest BCUT2D eigenvalue weighted by atomic mass is 9.87. The Morgan fingerprint density at radius 3 is 2.95 bits per heavy atom. The fourth-order valence-corrected chi connectivity index (χ4v) is 2.90. The lowest BCUT2D eigenvalue weighted by Gasteiger charge is -2.33. The summed E-state index contributed by atoms with van der Waals surface area (Å²) in [5.74, 6) is 0.246. The quantitative estimate of drug-likeness (QED) is 0.827. The molecule has 1 unspecified atom stereocenters. The molecule has 0 aliphatic heterocycles. The van der Waals surface area contributed by atoms with Crippen LogP contribution in [-0.2, 0) is 11.2 Å². The highest BCUT2D eigenvalue weighted by Gasteiger charge is 2.25. The average molecular weight is 260 g/mol. The Balaban J connectivity index is 2.04. The minimum absolute atomic E-state index is 0.246. The van der Waals surface area contributed by atoms with E-state index in [1.54, 1.807) is 0 Å². The van der Waals surface area contributed by atoms with E-state index in [0.717, 1.165) is 25.7 Å². The molecule has 0 fully saturated rings. The van der Waals surface area contributed by atoms with Gasteiger partial charge >= 0.3 is 0 Å². The maximum atomic E-state index is 12.2. The van der Waals surface area contributed by atoms with Gasteiger partial charge in [-0.3, -0.25) is 4.79 Å². The highest BCUT2D eigenvalue weighted by molar-refractivity contribution is 5.76. The molecule has 3 nitrogen and oxygen atoms in total. The fraction of sp³-hybridized carbons (Fsp3) is 0.562. The van der Waals surface area contributed by atoms with Gasteiger partial charge in [-0.2, -0.15) is 0 Å². The predicted octanol–water partition coefficient (Wildman–Crippen LogP) is 2.65. The average Bonchev–Trinajstić information content (AvgIpc) is 2.46. The van der Waals surface area contributed by atoms with Gasteiger partial charge in [-0.1, -0.05) is 24.3 Å². The van der Waals surface area contributed by atoms with Crippen LogP contribution < -0.4 is 5.73 Å². The summed E-state index contributed by atoms with van der Waals surface area (Å²) >= 11 is 0. The SMILES string of the molecule is CN(C(=O)CCCCN)C1CCCc2ccccc21. The second kappa shape index (κ2) is 6.71. The summed E-state index contributed by atoms with van der Waals surface area (Å²) in [6, 6.07) is 8.78. The van der Waals surface area contributed by atoms with Crippen molar-refractivity contribution < 1.29 is 4.79 Å². The van der Waals surface area contributed by atoms with Crippen LogP contribution in [0.5, 0.6) is 0 Å². The summed E-state index contributed by atoms with van der Waals surface area (Å²) in [4.78, 5) is 14.2. The highest BCUT2D eigenvalue weighted by Crippen LogP contribution is 2.33. The Morgan fingerprint density at radius 1 is 1.37 bits per heavy atom. The second-order valence-electron chi connectivity index (χ2n) is 5.36. The lowest BCUT2D eigenvalue weighted by molar-refractivity contribution is -0.132. The number of hydrogen-bond acceptors (Lipinski definition) is 2. The molecule has 1 aliphatic carbocycles. The summed E-state index contributed by atoms with van der Waals surface area (Å²) in [5, 5.41) is 0. The second-order valence-corrected chi connectivity index (χ2v) is 5.36. The van der Waals surface area contributed by atoms with E-state index >= 15 is 0 Å². The smallest absolute Gasteiger partial charge is 0.222 e. The van der Waals surface area contributed by atoms with E-state index in [9.17, 15) is 4.79 Å². The first-order chi connectivity index (χ1) is 9.24. The zero-order valence-corrected chi connectivity index (χ0v) is 11.8. The van der Waals surface area contributed by atoms with Crippen molar-refractivity contribution in [1.29, 1.82) is 0 Å². The third-order valence-electron chi connectivity index (χ3n) is 4.04. The number of nitrogens with two attached hydrogens (primary N) is 1. The maximum Gasteiger partial charge on any atom is 0.222 e. The molecule has 1 atom stereocenters. The zero-order valence-electron chi connectivity index (χ0n) is 11.8. The van der Waals surface area contributed by atoms with Crippen molar-refractivity contribution in [2.45, 2.75) is 44.6 Å². The van der Waals surface area contributed by atoms with Gasteiger partial charge in [-0.25, -0.2) is 0 Å². The molecule has 1 aliphatic rings. The van der Waals surface area contributed by atoms with Crippen LogP contribution in [0.2, 0.25) is 0 Å². The lowest BCUT2D eigenvalue weighted by Crippen LogP contribution is -2.33. The number of aryl methyl sites for hydroxylation is 1. The molecule has 1 aromatic rings. The summed E-state index contributed by atoms with van der Waals surface area (Å²) in [6.45, 7) is 0.670. The van der Waals surface area contributed by atoms with Crippen molar-refractivity contribution in [2.75, 3.05) is 13.6 Å². The number of benzene rings is 1. The summed E-state index contributed by atoms with van der Waals surface area (Å²) < 4.78 is 0. The van der Waals surface area contributed by atoms with Crippen LogP contribution in [0.1, 0.15) is 49.3 Å². The third kappa shape index (κ3) is 3.35. The predicted molar refractivity (Wildman–Crippen MR) is 77.8 cm³/mol. The molecule has 0 bridgehead atoms. The van der Waals surface area contributed by atoms with Crippen LogP contribution in [0, 0.1) is 0 Å². The van der Waals surface area contributed by atoms with Gasteiger partial charge in [0.05, 0.1) is 6.04 Å². The fourth-order valence-electron chi connectivity index (χ4n) is 2.90. The van der Waals surface area contributed by atoms with E-state index in [1.807, 2.05) is 11.9 Å². The van der Waals surface area contributed by atoms with Crippen molar-refractivity contribution in [3.8, 4) is 0 Å². The molecule has 2 N–H and O–H groups in total. The zero-order chi connectivity index (χ0) is 13.7. The van der Waals surface area contributed by atoms with E-state index in [0.29, 0.717) is 13.0 Å². The molecule has 1 aromatic carbocycles. The molecule has 2 rings (SSSR count). The molecule has 0 radical (unpaired) electrons. The number of rotatable bonds is 5. The van der Waals surface area contributed by atoms with Crippen LogP contribution in [-0.4, -0.2) is 24.4 Å². The number of carbonyl (C=O) groups excluding carboxylic acids is 1. The topological polar surface area (TPSA) is 46.3 Å². The normalized spacial score (nSPS) is 17.9. The third-order valence-corrected chi connectivity index (χ3v) is 4.04. The largest absolute Gasteiger partial charge is 0.339 e. The molecule has 0 saturated carbocycles. The Labute approximate surface area is 115 Å². The van der Waals surface area contributed by atoms with Crippen molar-refractivity contribution in [3.63, 3.8) is 0 Å². The first kappa shape index (κ1) is 14.1. The maximum absolute atomic E-state index is 12.2. The van der Waals surface area contributed by atoms with Crippen molar-refractivity contribution in [2.24, 2.45) is 5.73 Å². The van der Waals surface area contributed by atoms with Crippen molar-refractivity contribution in [1.82, 2.24) is 4.90 Å². The number of amides is 1. The minimum Gasteiger partial charge on any atom is -0.339 e. The molecule has 0 saturated heterocycles. The molecular weight excluding hydrogens is 236 g/mol. The molecule has 1 amide bonds. The Bertz CT molecular complexity index is 431. The van der Waals surface area contributed by atoms with E-state index in [-0.39, 0.29) is 11.9 Å². The Hall–Kier alpha value is -1.35. The summed E-state index contributed by atoms with van der Waals surface area (Å²) in [7, 11) is 1.94. The summed E-state index contributed by atoms with van der Waals surface area (Å²) in [5.41, 5.74) is 8.21. The van der Waals surface area contributed by atoms with Gasteiger partial charge in [0.2, 0.25) is 5.91 Å². The van der Waals surface area contributed by atoms with Crippen molar-refractivity contribution in [3.05, 3.63) is 35.4 Å². The van der Waals surface area contributed by atoms with Crippen LogP contribution in [0.4, 0.5) is 0 Å². The van der Waals surface area contributed by atoms with Gasteiger partial charge in [-0.15, -0.1) is 0 Å². The number of unbranched alkanes of at least 4 members (excludes halogenated alkanes) is 1. The van der Waals surface area contributed by atoms with E-state index < -0.39 is 0 Å². The molecular formula is C16H24N2O. The Morgan fingerprint density at radius 2 is 2.16 bits per heavy atom. The van der Waals surface area contributed by atoms with Gasteiger partial charge in [0.25, 0.3) is 0 Å². The van der Waals surface area contributed by atoms with Gasteiger partial charge < -0.3 is 10.6 Å². The van der Waals surface area contributed by atoms with Gasteiger partial charge in [0.1, 0.15) is 0 Å². The minimum atomic E-state index is 0.246. The number of hydrogen-bond donors (Lipinski definition) is 1. The molecule has 104 valence electrons. The van der Waals surface area contributed by atoms with E-state index in [4.69, 9.17) is 5.73 Å². The highest BCUT2D eigenvalue weighted by atomic mass is 16.2.